The highest BCUT2D eigenvalue weighted by Gasteiger charge is 2.23. The number of furan rings is 1. The molecule has 3 aromatic carbocycles. The maximum absolute atomic E-state index is 11.1. The van der Waals surface area contributed by atoms with Crippen LogP contribution in [0.4, 0.5) is 11.6 Å². The van der Waals surface area contributed by atoms with E-state index in [1.165, 1.54) is 24.4 Å². The van der Waals surface area contributed by atoms with E-state index in [0.29, 0.717) is 33.9 Å². The van der Waals surface area contributed by atoms with Crippen molar-refractivity contribution < 1.29 is 23.9 Å². The molecule has 4 rings (SSSR count). The minimum absolute atomic E-state index is 0.0415. The van der Waals surface area contributed by atoms with Crippen molar-refractivity contribution in [3.63, 3.8) is 0 Å². The summed E-state index contributed by atoms with van der Waals surface area (Å²) in [7, 11) is 3.13. The summed E-state index contributed by atoms with van der Waals surface area (Å²) in [5, 5.41) is 30.8. The smallest absolute Gasteiger partial charge is 0.311 e. The number of benzene rings is 3. The molecule has 0 saturated carbocycles. The first-order chi connectivity index (χ1) is 16.9. The summed E-state index contributed by atoms with van der Waals surface area (Å²) in [5.41, 5.74) is 2.07. The summed E-state index contributed by atoms with van der Waals surface area (Å²) >= 11 is 0. The number of hydrogen-bond acceptors (Lipinski definition) is 8. The number of nitrogens with zero attached hydrogens (tertiary/aromatic N) is 3. The van der Waals surface area contributed by atoms with Crippen molar-refractivity contribution in [1.29, 1.82) is 5.26 Å². The van der Waals surface area contributed by atoms with Crippen LogP contribution in [0.3, 0.4) is 0 Å². The Morgan fingerprint density at radius 3 is 2.14 bits per heavy atom. The van der Waals surface area contributed by atoms with Gasteiger partial charge in [-0.1, -0.05) is 12.1 Å². The number of phenols is 1. The number of aliphatic imine (C=N–C) groups is 1. The van der Waals surface area contributed by atoms with E-state index in [4.69, 9.17) is 13.9 Å². The van der Waals surface area contributed by atoms with Gasteiger partial charge in [-0.05, 0) is 59.7 Å². The molecular formula is C26H19N3O6. The van der Waals surface area contributed by atoms with Gasteiger partial charge in [0.1, 0.15) is 28.9 Å². The second-order valence-electron chi connectivity index (χ2n) is 7.32. The van der Waals surface area contributed by atoms with Crippen LogP contribution in [0.2, 0.25) is 0 Å². The van der Waals surface area contributed by atoms with Gasteiger partial charge in [-0.3, -0.25) is 10.1 Å². The summed E-state index contributed by atoms with van der Waals surface area (Å²) in [4.78, 5) is 14.7. The van der Waals surface area contributed by atoms with Gasteiger partial charge in [0.15, 0.2) is 5.75 Å². The van der Waals surface area contributed by atoms with Crippen molar-refractivity contribution in [1.82, 2.24) is 0 Å². The molecule has 0 atom stereocenters. The fraction of sp³-hybridized carbons (Fsp3) is 0.0769. The predicted octanol–water partition coefficient (Wildman–Crippen LogP) is 5.87. The van der Waals surface area contributed by atoms with Crippen LogP contribution in [-0.4, -0.2) is 30.5 Å². The Bertz CT molecular complexity index is 1450. The normalized spacial score (nSPS) is 10.8. The number of phenolic OH excluding ortho intramolecular Hbond substituents is 1. The summed E-state index contributed by atoms with van der Waals surface area (Å²) in [5.74, 6) is 1.34. The number of nitro groups is 1. The standard InChI is InChI=1S/C26H19N3O6/c1-33-19-8-4-17(5-9-19)24-21(14-27)26(35-25(24)18-6-10-20(34-2)11-7-18)28-15-16-3-12-23(30)22(13-16)29(31)32/h3-13,15,30H,1-2H3. The number of aromatic hydroxyl groups is 1. The molecule has 174 valence electrons. The van der Waals surface area contributed by atoms with E-state index in [0.717, 1.165) is 5.56 Å². The zero-order valence-corrected chi connectivity index (χ0v) is 18.8. The number of ether oxygens (including phenoxy) is 2. The molecule has 0 aliphatic carbocycles. The molecule has 0 spiro atoms. The topological polar surface area (TPSA) is 131 Å². The molecule has 0 amide bonds. The summed E-state index contributed by atoms with van der Waals surface area (Å²) in [6, 6.07) is 20.4. The molecule has 0 aliphatic heterocycles. The molecule has 35 heavy (non-hydrogen) atoms. The Hall–Kier alpha value is -5.10. The number of rotatable bonds is 7. The predicted molar refractivity (Wildman–Crippen MR) is 129 cm³/mol. The van der Waals surface area contributed by atoms with Crippen LogP contribution in [-0.2, 0) is 0 Å². The first kappa shape index (κ1) is 23.1. The van der Waals surface area contributed by atoms with Crippen LogP contribution in [0, 0.1) is 21.4 Å². The van der Waals surface area contributed by atoms with Gasteiger partial charge < -0.3 is 19.0 Å². The highest BCUT2D eigenvalue weighted by molar-refractivity contribution is 5.90. The number of methoxy groups -OCH3 is 2. The maximum Gasteiger partial charge on any atom is 0.311 e. The van der Waals surface area contributed by atoms with Crippen molar-refractivity contribution in [2.45, 2.75) is 0 Å². The first-order valence-electron chi connectivity index (χ1n) is 10.3. The summed E-state index contributed by atoms with van der Waals surface area (Å²) in [6.45, 7) is 0. The fourth-order valence-corrected chi connectivity index (χ4v) is 3.49. The Balaban J connectivity index is 1.85. The van der Waals surface area contributed by atoms with E-state index in [9.17, 15) is 20.5 Å². The van der Waals surface area contributed by atoms with E-state index in [1.54, 1.807) is 38.5 Å². The van der Waals surface area contributed by atoms with Gasteiger partial charge in [-0.2, -0.15) is 5.26 Å². The molecule has 0 radical (unpaired) electrons. The molecule has 0 bridgehead atoms. The highest BCUT2D eigenvalue weighted by atomic mass is 16.6. The van der Waals surface area contributed by atoms with Crippen molar-refractivity contribution in [3.8, 4) is 45.8 Å². The summed E-state index contributed by atoms with van der Waals surface area (Å²) < 4.78 is 16.5. The molecule has 4 aromatic rings. The van der Waals surface area contributed by atoms with Gasteiger partial charge in [-0.25, -0.2) is 4.99 Å². The Morgan fingerprint density at radius 2 is 1.60 bits per heavy atom. The monoisotopic (exact) mass is 469 g/mol. The largest absolute Gasteiger partial charge is 0.502 e. The Morgan fingerprint density at radius 1 is 1.00 bits per heavy atom. The van der Waals surface area contributed by atoms with E-state index in [-0.39, 0.29) is 11.4 Å². The maximum atomic E-state index is 11.1. The van der Waals surface area contributed by atoms with E-state index in [1.807, 2.05) is 24.3 Å². The first-order valence-corrected chi connectivity index (χ1v) is 10.3. The van der Waals surface area contributed by atoms with E-state index in [2.05, 4.69) is 11.1 Å². The van der Waals surface area contributed by atoms with Gasteiger partial charge >= 0.3 is 5.69 Å². The fourth-order valence-electron chi connectivity index (χ4n) is 3.49. The molecule has 1 heterocycles. The lowest BCUT2D eigenvalue weighted by molar-refractivity contribution is -0.385. The molecule has 0 saturated heterocycles. The molecule has 1 aromatic heterocycles. The van der Waals surface area contributed by atoms with Gasteiger partial charge in [0.2, 0.25) is 5.88 Å². The van der Waals surface area contributed by atoms with Gasteiger partial charge in [0, 0.05) is 23.4 Å². The lowest BCUT2D eigenvalue weighted by Gasteiger charge is -2.06. The van der Waals surface area contributed by atoms with Crippen LogP contribution < -0.4 is 9.47 Å². The molecule has 1 N–H and O–H groups in total. The van der Waals surface area contributed by atoms with Crippen LogP contribution in [0.15, 0.2) is 76.1 Å². The zero-order chi connectivity index (χ0) is 24.9. The van der Waals surface area contributed by atoms with Crippen molar-refractivity contribution in [3.05, 3.63) is 88.0 Å². The molecule has 9 nitrogen and oxygen atoms in total. The minimum Gasteiger partial charge on any atom is -0.502 e. The Kier molecular flexibility index (Phi) is 6.46. The van der Waals surface area contributed by atoms with Crippen molar-refractivity contribution in [2.24, 2.45) is 4.99 Å². The quantitative estimate of drug-likeness (QED) is 0.203. The molecule has 9 heteroatoms. The lowest BCUT2D eigenvalue weighted by atomic mass is 9.98. The van der Waals surface area contributed by atoms with E-state index >= 15 is 0 Å². The van der Waals surface area contributed by atoms with Crippen LogP contribution >= 0.6 is 0 Å². The molecular weight excluding hydrogens is 450 g/mol. The number of nitriles is 1. The second-order valence-corrected chi connectivity index (χ2v) is 7.32. The Labute approximate surface area is 200 Å². The zero-order valence-electron chi connectivity index (χ0n) is 18.8. The number of hydrogen-bond donors (Lipinski definition) is 1. The third-order valence-electron chi connectivity index (χ3n) is 5.26. The van der Waals surface area contributed by atoms with Gasteiger partial charge in [0.25, 0.3) is 0 Å². The SMILES string of the molecule is COc1ccc(-c2oc(N=Cc3ccc(O)c([N+](=O)[O-])c3)c(C#N)c2-c2ccc(OC)cc2)cc1. The lowest BCUT2D eigenvalue weighted by Crippen LogP contribution is -1.90. The van der Waals surface area contributed by atoms with Crippen molar-refractivity contribution >= 4 is 17.8 Å². The summed E-state index contributed by atoms with van der Waals surface area (Å²) in [6.07, 6.45) is 1.34. The van der Waals surface area contributed by atoms with Crippen LogP contribution in [0.1, 0.15) is 11.1 Å². The minimum atomic E-state index is -0.691. The average molecular weight is 469 g/mol. The second kappa shape index (κ2) is 9.80. The highest BCUT2D eigenvalue weighted by Crippen LogP contribution is 2.43. The van der Waals surface area contributed by atoms with Crippen molar-refractivity contribution in [2.75, 3.05) is 14.2 Å². The van der Waals surface area contributed by atoms with Gasteiger partial charge in [-0.15, -0.1) is 0 Å². The average Bonchev–Trinajstić information content (AvgIpc) is 3.26. The molecule has 0 unspecified atom stereocenters. The van der Waals surface area contributed by atoms with E-state index < -0.39 is 16.4 Å². The molecule has 0 aliphatic rings. The van der Waals surface area contributed by atoms with Crippen LogP contribution in [0.25, 0.3) is 22.5 Å². The molecule has 0 fully saturated rings. The van der Waals surface area contributed by atoms with Gasteiger partial charge in [0.05, 0.1) is 19.1 Å². The third kappa shape index (κ3) is 4.67. The third-order valence-corrected chi connectivity index (χ3v) is 5.26. The van der Waals surface area contributed by atoms with Crippen LogP contribution in [0.5, 0.6) is 17.2 Å². The number of nitro benzene ring substituents is 1.